The maximum absolute atomic E-state index is 11.2. The first kappa shape index (κ1) is 8.49. The van der Waals surface area contributed by atoms with E-state index in [1.54, 1.807) is 11.8 Å². The Labute approximate surface area is 66.0 Å². The molecule has 0 aliphatic carbocycles. The second kappa shape index (κ2) is 3.19. The molecular weight excluding hydrogens is 144 g/mol. The highest BCUT2D eigenvalue weighted by Crippen LogP contribution is 2.09. The van der Waals surface area contributed by atoms with Crippen LogP contribution in [-0.4, -0.2) is 41.1 Å². The maximum Gasteiger partial charge on any atom is 0.239 e. The molecular formula is C7H14N2O2. The number of hydrogen-bond donors (Lipinski definition) is 2. The molecule has 0 saturated carbocycles. The van der Waals surface area contributed by atoms with Crippen molar-refractivity contribution in [2.75, 3.05) is 13.1 Å². The molecule has 1 fully saturated rings. The fraction of sp³-hybridized carbons (Fsp3) is 0.857. The Balaban J connectivity index is 2.43. The van der Waals surface area contributed by atoms with Crippen molar-refractivity contribution in [2.45, 2.75) is 25.5 Å². The number of aliphatic hydroxyl groups is 1. The molecule has 0 aromatic heterocycles. The Bertz CT molecular complexity index is 159. The van der Waals surface area contributed by atoms with Crippen LogP contribution >= 0.6 is 0 Å². The molecule has 11 heavy (non-hydrogen) atoms. The second-order valence-electron chi connectivity index (χ2n) is 3.02. The number of aliphatic hydroxyl groups excluding tert-OH is 1. The Morgan fingerprint density at radius 1 is 1.82 bits per heavy atom. The van der Waals surface area contributed by atoms with Crippen LogP contribution in [0, 0.1) is 0 Å². The lowest BCUT2D eigenvalue weighted by atomic mass is 10.3. The smallest absolute Gasteiger partial charge is 0.239 e. The van der Waals surface area contributed by atoms with Crippen LogP contribution in [0.4, 0.5) is 0 Å². The van der Waals surface area contributed by atoms with Gasteiger partial charge in [-0.3, -0.25) is 4.79 Å². The van der Waals surface area contributed by atoms with Crippen molar-refractivity contribution in [1.82, 2.24) is 4.90 Å². The fourth-order valence-electron chi connectivity index (χ4n) is 1.23. The molecule has 0 unspecified atom stereocenters. The zero-order valence-corrected chi connectivity index (χ0v) is 6.66. The molecule has 2 atom stereocenters. The summed E-state index contributed by atoms with van der Waals surface area (Å²) in [5.41, 5.74) is 5.39. The van der Waals surface area contributed by atoms with E-state index in [2.05, 4.69) is 0 Å². The highest BCUT2D eigenvalue weighted by molar-refractivity contribution is 5.81. The number of nitrogens with zero attached hydrogens (tertiary/aromatic N) is 1. The summed E-state index contributed by atoms with van der Waals surface area (Å²) >= 11 is 0. The maximum atomic E-state index is 11.2. The highest BCUT2D eigenvalue weighted by atomic mass is 16.3. The fourth-order valence-corrected chi connectivity index (χ4v) is 1.23. The number of nitrogens with two attached hydrogens (primary N) is 1. The van der Waals surface area contributed by atoms with Gasteiger partial charge < -0.3 is 15.7 Å². The number of rotatable bonds is 1. The largest absolute Gasteiger partial charge is 0.391 e. The molecule has 1 amide bonds. The normalized spacial score (nSPS) is 27.2. The van der Waals surface area contributed by atoms with E-state index >= 15 is 0 Å². The monoisotopic (exact) mass is 158 g/mol. The van der Waals surface area contributed by atoms with Crippen molar-refractivity contribution in [3.63, 3.8) is 0 Å². The van der Waals surface area contributed by atoms with Gasteiger partial charge in [0, 0.05) is 13.1 Å². The number of likely N-dealkylation sites (tertiary alicyclic amines) is 1. The van der Waals surface area contributed by atoms with Gasteiger partial charge in [-0.2, -0.15) is 0 Å². The van der Waals surface area contributed by atoms with Gasteiger partial charge in [-0.25, -0.2) is 0 Å². The molecule has 1 heterocycles. The van der Waals surface area contributed by atoms with Crippen LogP contribution in [0.25, 0.3) is 0 Å². The van der Waals surface area contributed by atoms with Crippen molar-refractivity contribution >= 4 is 5.91 Å². The first-order chi connectivity index (χ1) is 5.11. The van der Waals surface area contributed by atoms with Crippen LogP contribution in [0.1, 0.15) is 13.3 Å². The summed E-state index contributed by atoms with van der Waals surface area (Å²) in [5, 5.41) is 9.10. The van der Waals surface area contributed by atoms with Crippen LogP contribution in [0.3, 0.4) is 0 Å². The molecule has 4 heteroatoms. The van der Waals surface area contributed by atoms with Gasteiger partial charge in [0.2, 0.25) is 5.91 Å². The van der Waals surface area contributed by atoms with Crippen molar-refractivity contribution in [3.8, 4) is 0 Å². The summed E-state index contributed by atoms with van der Waals surface area (Å²) in [4.78, 5) is 12.8. The number of hydrogen-bond acceptors (Lipinski definition) is 3. The van der Waals surface area contributed by atoms with E-state index in [4.69, 9.17) is 10.8 Å². The van der Waals surface area contributed by atoms with E-state index in [1.807, 2.05) is 0 Å². The van der Waals surface area contributed by atoms with E-state index in [-0.39, 0.29) is 12.0 Å². The summed E-state index contributed by atoms with van der Waals surface area (Å²) in [5.74, 6) is -0.0680. The van der Waals surface area contributed by atoms with Crippen molar-refractivity contribution in [2.24, 2.45) is 5.73 Å². The average molecular weight is 158 g/mol. The number of β-amino-alcohol motifs (C(OH)–C–C–N with tert-alkyl or cyclic N) is 1. The summed E-state index contributed by atoms with van der Waals surface area (Å²) in [7, 11) is 0. The molecule has 0 spiro atoms. The third-order valence-corrected chi connectivity index (χ3v) is 1.86. The average Bonchev–Trinajstić information content (AvgIpc) is 2.34. The number of carbonyl (C=O) groups excluding carboxylic acids is 1. The quantitative estimate of drug-likeness (QED) is 0.510. The Morgan fingerprint density at radius 3 is 2.82 bits per heavy atom. The predicted molar refractivity (Wildman–Crippen MR) is 40.9 cm³/mol. The molecule has 1 saturated heterocycles. The van der Waals surface area contributed by atoms with Gasteiger partial charge in [0.15, 0.2) is 0 Å². The minimum absolute atomic E-state index is 0.0680. The van der Waals surface area contributed by atoms with E-state index in [0.29, 0.717) is 19.5 Å². The minimum Gasteiger partial charge on any atom is -0.391 e. The van der Waals surface area contributed by atoms with Crippen LogP contribution < -0.4 is 5.73 Å². The summed E-state index contributed by atoms with van der Waals surface area (Å²) < 4.78 is 0. The Hall–Kier alpha value is -0.610. The third kappa shape index (κ3) is 1.91. The summed E-state index contributed by atoms with van der Waals surface area (Å²) in [6.07, 6.45) is 0.330. The van der Waals surface area contributed by atoms with Gasteiger partial charge in [-0.15, -0.1) is 0 Å². The first-order valence-electron chi connectivity index (χ1n) is 3.83. The topological polar surface area (TPSA) is 66.6 Å². The van der Waals surface area contributed by atoms with Gasteiger partial charge >= 0.3 is 0 Å². The Morgan fingerprint density at radius 2 is 2.45 bits per heavy atom. The second-order valence-corrected chi connectivity index (χ2v) is 3.02. The zero-order valence-electron chi connectivity index (χ0n) is 6.66. The lowest BCUT2D eigenvalue weighted by Crippen LogP contribution is -2.41. The lowest BCUT2D eigenvalue weighted by molar-refractivity contribution is -0.131. The lowest BCUT2D eigenvalue weighted by Gasteiger charge is -2.17. The Kier molecular flexibility index (Phi) is 2.46. The van der Waals surface area contributed by atoms with Crippen LogP contribution in [0.5, 0.6) is 0 Å². The van der Waals surface area contributed by atoms with Crippen LogP contribution in [0.15, 0.2) is 0 Å². The van der Waals surface area contributed by atoms with E-state index < -0.39 is 6.04 Å². The molecule has 0 radical (unpaired) electrons. The summed E-state index contributed by atoms with van der Waals surface area (Å²) in [6, 6.07) is -0.444. The standard InChI is InChI=1S/C7H14N2O2/c1-5(8)7(11)9-3-2-6(10)4-9/h5-6,10H,2-4,8H2,1H3/t5-,6+/m1/s1. The SMILES string of the molecule is C[C@@H](N)C(=O)N1CC[C@H](O)C1. The van der Waals surface area contributed by atoms with E-state index in [0.717, 1.165) is 0 Å². The third-order valence-electron chi connectivity index (χ3n) is 1.86. The van der Waals surface area contributed by atoms with Crippen molar-refractivity contribution in [3.05, 3.63) is 0 Å². The van der Waals surface area contributed by atoms with Gasteiger partial charge in [-0.05, 0) is 13.3 Å². The predicted octanol–water partition coefficient (Wildman–Crippen LogP) is -1.07. The number of carbonyl (C=O) groups is 1. The van der Waals surface area contributed by atoms with Gasteiger partial charge in [0.25, 0.3) is 0 Å². The molecule has 1 rings (SSSR count). The molecule has 0 aromatic carbocycles. The molecule has 64 valence electrons. The van der Waals surface area contributed by atoms with Gasteiger partial charge in [0.05, 0.1) is 12.1 Å². The van der Waals surface area contributed by atoms with Gasteiger partial charge in [-0.1, -0.05) is 0 Å². The first-order valence-corrected chi connectivity index (χ1v) is 3.83. The highest BCUT2D eigenvalue weighted by Gasteiger charge is 2.25. The van der Waals surface area contributed by atoms with Crippen molar-refractivity contribution < 1.29 is 9.90 Å². The summed E-state index contributed by atoms with van der Waals surface area (Å²) in [6.45, 7) is 2.74. The van der Waals surface area contributed by atoms with Crippen LogP contribution in [-0.2, 0) is 4.79 Å². The molecule has 1 aliphatic rings. The molecule has 4 nitrogen and oxygen atoms in total. The minimum atomic E-state index is -0.444. The zero-order chi connectivity index (χ0) is 8.43. The molecule has 3 N–H and O–H groups in total. The molecule has 1 aliphatic heterocycles. The number of amides is 1. The molecule has 0 bridgehead atoms. The van der Waals surface area contributed by atoms with Crippen LogP contribution in [0.2, 0.25) is 0 Å². The van der Waals surface area contributed by atoms with Crippen molar-refractivity contribution in [1.29, 1.82) is 0 Å². The van der Waals surface area contributed by atoms with Gasteiger partial charge in [0.1, 0.15) is 0 Å². The van der Waals surface area contributed by atoms with E-state index in [9.17, 15) is 4.79 Å². The van der Waals surface area contributed by atoms with E-state index in [1.165, 1.54) is 0 Å². The molecule has 0 aromatic rings.